The average molecular weight is 546 g/mol. The van der Waals surface area contributed by atoms with Gasteiger partial charge in [-0.3, -0.25) is 9.59 Å². The van der Waals surface area contributed by atoms with Gasteiger partial charge in [0.1, 0.15) is 23.8 Å². The monoisotopic (exact) mass is 545 g/mol. The molecule has 2 rings (SSSR count). The average Bonchev–Trinajstić information content (AvgIpc) is 2.65. The van der Waals surface area contributed by atoms with Gasteiger partial charge in [-0.1, -0.05) is 12.1 Å². The van der Waals surface area contributed by atoms with Crippen LogP contribution in [0.25, 0.3) is 11.1 Å². The summed E-state index contributed by atoms with van der Waals surface area (Å²) in [6.07, 6.45) is -1.84. The third-order valence-corrected chi connectivity index (χ3v) is 5.49. The number of carboxylic acid groups (broad SMARTS) is 1. The molecule has 1 atom stereocenters. The van der Waals surface area contributed by atoms with Gasteiger partial charge in [0.05, 0.1) is 12.3 Å². The van der Waals surface area contributed by atoms with Crippen molar-refractivity contribution in [1.29, 1.82) is 0 Å². The normalized spacial score (nSPS) is 12.6. The Labute approximate surface area is 216 Å². The summed E-state index contributed by atoms with van der Waals surface area (Å²) in [5, 5.41) is 10.6. The Hall–Kier alpha value is -3.55. The second-order valence-corrected chi connectivity index (χ2v) is 11.5. The molecule has 0 aromatic carbocycles. The van der Waals surface area contributed by atoms with Gasteiger partial charge in [-0.05, 0) is 67.0 Å². The molecule has 1 unspecified atom stereocenters. The van der Waals surface area contributed by atoms with Crippen molar-refractivity contribution in [1.82, 2.24) is 10.0 Å². The molecule has 208 valence electrons. The van der Waals surface area contributed by atoms with Gasteiger partial charge in [0, 0.05) is 5.56 Å². The number of hydrogen-bond acceptors (Lipinski definition) is 9. The number of carbonyl (C=O) groups is 4. The summed E-state index contributed by atoms with van der Waals surface area (Å²) in [6.45, 7) is 12.5. The SMILES string of the molecule is CC(NC(=O)OC(C)(C)C)C(=O)O.CCOC(=O)CN(c1cc2ccc1-2)S(=O)(=O)NC(=O)OC(C)(C)C. The van der Waals surface area contributed by atoms with E-state index in [0.29, 0.717) is 11.3 Å². The number of esters is 1. The lowest BCUT2D eigenvalue weighted by atomic mass is 9.91. The molecule has 3 N–H and O–H groups in total. The molecule has 0 radical (unpaired) electrons. The topological polar surface area (TPSA) is 178 Å². The first-order chi connectivity index (χ1) is 16.8. The van der Waals surface area contributed by atoms with Crippen molar-refractivity contribution >= 4 is 40.0 Å². The number of amides is 2. The van der Waals surface area contributed by atoms with Crippen molar-refractivity contribution in [3.05, 3.63) is 18.2 Å². The summed E-state index contributed by atoms with van der Waals surface area (Å²) in [5.41, 5.74) is 0.479. The molecule has 2 amide bonds. The highest BCUT2D eigenvalue weighted by molar-refractivity contribution is 7.91. The van der Waals surface area contributed by atoms with Crippen LogP contribution >= 0.6 is 0 Å². The number of benzene rings is 1. The van der Waals surface area contributed by atoms with E-state index in [1.807, 2.05) is 10.8 Å². The molecule has 0 aromatic rings. The molecule has 2 aliphatic rings. The van der Waals surface area contributed by atoms with Gasteiger partial charge in [0.15, 0.2) is 0 Å². The number of ether oxygens (including phenoxy) is 3. The number of anilines is 1. The zero-order chi connectivity index (χ0) is 28.8. The van der Waals surface area contributed by atoms with E-state index in [2.05, 4.69) is 5.32 Å². The highest BCUT2D eigenvalue weighted by Crippen LogP contribution is 2.44. The van der Waals surface area contributed by atoms with Gasteiger partial charge >= 0.3 is 34.3 Å². The number of nitrogens with zero attached hydrogens (tertiary/aromatic N) is 1. The van der Waals surface area contributed by atoms with Crippen molar-refractivity contribution in [3.63, 3.8) is 0 Å². The van der Waals surface area contributed by atoms with Crippen molar-refractivity contribution in [2.24, 2.45) is 0 Å². The minimum absolute atomic E-state index is 0.124. The van der Waals surface area contributed by atoms with E-state index >= 15 is 0 Å². The quantitative estimate of drug-likeness (QED) is 0.330. The Balaban J connectivity index is 0.000000448. The van der Waals surface area contributed by atoms with Crippen molar-refractivity contribution in [3.8, 4) is 11.1 Å². The van der Waals surface area contributed by atoms with E-state index < -0.39 is 58.1 Å². The van der Waals surface area contributed by atoms with E-state index in [0.717, 1.165) is 9.87 Å². The van der Waals surface area contributed by atoms with Crippen LogP contribution in [-0.4, -0.2) is 68.0 Å². The van der Waals surface area contributed by atoms with E-state index in [-0.39, 0.29) is 6.61 Å². The molecule has 0 aromatic heterocycles. The van der Waals surface area contributed by atoms with Crippen LogP contribution in [0.15, 0.2) is 18.2 Å². The van der Waals surface area contributed by atoms with Gasteiger partial charge in [0.25, 0.3) is 0 Å². The molecular formula is C23H35N3O10S. The van der Waals surface area contributed by atoms with Crippen LogP contribution in [0.4, 0.5) is 15.3 Å². The maximum atomic E-state index is 12.5. The van der Waals surface area contributed by atoms with Crippen LogP contribution in [0, 0.1) is 0 Å². The lowest BCUT2D eigenvalue weighted by Crippen LogP contribution is -2.48. The number of carboxylic acids is 1. The summed E-state index contributed by atoms with van der Waals surface area (Å²) < 4.78 is 42.2. The highest BCUT2D eigenvalue weighted by atomic mass is 32.2. The fourth-order valence-corrected chi connectivity index (χ4v) is 3.65. The molecule has 0 aliphatic heterocycles. The Kier molecular flexibility index (Phi) is 10.3. The van der Waals surface area contributed by atoms with Crippen molar-refractivity contribution < 1.29 is 46.9 Å². The number of hydrogen-bond donors (Lipinski definition) is 3. The second-order valence-electron chi connectivity index (χ2n) is 9.86. The van der Waals surface area contributed by atoms with E-state index in [4.69, 9.17) is 19.3 Å². The van der Waals surface area contributed by atoms with E-state index in [1.165, 1.54) is 6.92 Å². The highest BCUT2D eigenvalue weighted by Gasteiger charge is 2.34. The Morgan fingerprint density at radius 2 is 1.54 bits per heavy atom. The molecule has 2 aliphatic carbocycles. The van der Waals surface area contributed by atoms with Gasteiger partial charge in [0.2, 0.25) is 0 Å². The van der Waals surface area contributed by atoms with Gasteiger partial charge in [-0.25, -0.2) is 18.6 Å². The Morgan fingerprint density at radius 3 is 1.92 bits per heavy atom. The van der Waals surface area contributed by atoms with E-state index in [1.54, 1.807) is 60.6 Å². The number of aliphatic carboxylic acids is 1. The largest absolute Gasteiger partial charge is 0.480 e. The van der Waals surface area contributed by atoms with E-state index in [9.17, 15) is 27.6 Å². The predicted molar refractivity (Wildman–Crippen MR) is 134 cm³/mol. The van der Waals surface area contributed by atoms with Gasteiger partial charge in [-0.15, -0.1) is 0 Å². The molecule has 0 fully saturated rings. The van der Waals surface area contributed by atoms with Crippen LogP contribution in [0.2, 0.25) is 0 Å². The summed E-state index contributed by atoms with van der Waals surface area (Å²) in [7, 11) is -4.32. The lowest BCUT2D eigenvalue weighted by Gasteiger charge is -2.31. The van der Waals surface area contributed by atoms with Gasteiger partial charge < -0.3 is 24.6 Å². The van der Waals surface area contributed by atoms with Crippen LogP contribution in [-0.2, 0) is 34.0 Å². The first-order valence-electron chi connectivity index (χ1n) is 11.3. The summed E-state index contributed by atoms with van der Waals surface area (Å²) in [4.78, 5) is 44.8. The number of fused-ring (bicyclic) bond motifs is 1. The minimum atomic E-state index is -4.32. The zero-order valence-electron chi connectivity index (χ0n) is 22.2. The standard InChI is InChI=1S/C15H20N2O6S.C8H15NO4/c1-5-22-13(18)9-17(12-8-10-6-7-11(10)12)24(20,21)16-14(19)23-15(2,3)4;1-5(6(10)11)9-7(12)13-8(2,3)4/h6-8H,5,9H2,1-4H3,(H,16,19);5H,1-4H3,(H,9,12)(H,10,11). The first-order valence-corrected chi connectivity index (χ1v) is 12.8. The molecule has 0 saturated carbocycles. The summed E-state index contributed by atoms with van der Waals surface area (Å²) in [6, 6.07) is 4.22. The summed E-state index contributed by atoms with van der Waals surface area (Å²) >= 11 is 0. The molecule has 0 heterocycles. The number of alkyl carbamates (subject to hydrolysis) is 1. The lowest BCUT2D eigenvalue weighted by molar-refractivity contribution is -0.141. The van der Waals surface area contributed by atoms with Crippen LogP contribution in [0.3, 0.4) is 0 Å². The maximum Gasteiger partial charge on any atom is 0.422 e. The van der Waals surface area contributed by atoms with Gasteiger partial charge in [-0.2, -0.15) is 8.42 Å². The fraction of sp³-hybridized carbons (Fsp3) is 0.565. The molecule has 0 saturated heterocycles. The minimum Gasteiger partial charge on any atom is -0.480 e. The van der Waals surface area contributed by atoms with Crippen LogP contribution in [0.5, 0.6) is 0 Å². The predicted octanol–water partition coefficient (Wildman–Crippen LogP) is 2.79. The molecule has 14 heteroatoms. The third-order valence-electron chi connectivity index (χ3n) is 4.16. The summed E-state index contributed by atoms with van der Waals surface area (Å²) in [5.74, 6) is -1.81. The molecule has 13 nitrogen and oxygen atoms in total. The Bertz CT molecular complexity index is 1120. The third kappa shape index (κ3) is 10.5. The van der Waals surface area contributed by atoms with Crippen LogP contribution in [0.1, 0.15) is 55.4 Å². The second kappa shape index (κ2) is 12.1. The van der Waals surface area contributed by atoms with Crippen molar-refractivity contribution in [2.45, 2.75) is 72.6 Å². The van der Waals surface area contributed by atoms with Crippen LogP contribution < -0.4 is 14.3 Å². The Morgan fingerprint density at radius 1 is 1.00 bits per heavy atom. The number of carbonyl (C=O) groups excluding carboxylic acids is 3. The smallest absolute Gasteiger partial charge is 0.422 e. The first kappa shape index (κ1) is 31.5. The maximum absolute atomic E-state index is 12.5. The molecular weight excluding hydrogens is 510 g/mol. The molecule has 37 heavy (non-hydrogen) atoms. The molecule has 0 bridgehead atoms. The number of rotatable bonds is 8. The number of nitrogens with one attached hydrogen (secondary N) is 2. The zero-order valence-corrected chi connectivity index (χ0v) is 23.0. The molecule has 0 spiro atoms. The fourth-order valence-electron chi connectivity index (χ4n) is 2.60. The van der Waals surface area contributed by atoms with Crippen molar-refractivity contribution in [2.75, 3.05) is 17.5 Å².